The number of hydrogen-bond acceptors (Lipinski definition) is 4. The molecule has 4 nitrogen and oxygen atoms in total. The van der Waals surface area contributed by atoms with Gasteiger partial charge in [-0.1, -0.05) is 30.3 Å². The van der Waals surface area contributed by atoms with Crippen molar-refractivity contribution in [1.82, 2.24) is 9.88 Å². The average Bonchev–Trinajstić information content (AvgIpc) is 3.02. The Bertz CT molecular complexity index is 655. The van der Waals surface area contributed by atoms with Crippen molar-refractivity contribution in [3.8, 4) is 0 Å². The van der Waals surface area contributed by atoms with Gasteiger partial charge >= 0.3 is 0 Å². The molecule has 0 radical (unpaired) electrons. The van der Waals surface area contributed by atoms with Crippen LogP contribution in [0.1, 0.15) is 40.8 Å². The van der Waals surface area contributed by atoms with E-state index >= 15 is 0 Å². The van der Waals surface area contributed by atoms with Crippen molar-refractivity contribution >= 4 is 17.2 Å². The van der Waals surface area contributed by atoms with Gasteiger partial charge in [0.2, 0.25) is 0 Å². The van der Waals surface area contributed by atoms with Crippen molar-refractivity contribution in [1.29, 1.82) is 0 Å². The summed E-state index contributed by atoms with van der Waals surface area (Å²) in [7, 11) is 0. The van der Waals surface area contributed by atoms with Crippen molar-refractivity contribution in [2.75, 3.05) is 6.54 Å². The molecule has 2 atom stereocenters. The molecule has 1 aliphatic rings. The number of nitrogens with zero attached hydrogens (tertiary/aromatic N) is 2. The molecule has 0 unspecified atom stereocenters. The van der Waals surface area contributed by atoms with E-state index in [2.05, 4.69) is 36.2 Å². The molecule has 0 spiro atoms. The maximum Gasteiger partial charge on any atom is 0.273 e. The lowest BCUT2D eigenvalue weighted by Gasteiger charge is -2.35. The summed E-state index contributed by atoms with van der Waals surface area (Å²) in [5, 5.41) is 2.92. The maximum atomic E-state index is 12.6. The first-order valence-corrected chi connectivity index (χ1v) is 9.06. The first kappa shape index (κ1) is 16.1. The molecule has 0 aliphatic carbocycles. The van der Waals surface area contributed by atoms with Gasteiger partial charge in [0.1, 0.15) is 5.69 Å². The van der Waals surface area contributed by atoms with E-state index < -0.39 is 0 Å². The van der Waals surface area contributed by atoms with E-state index in [4.69, 9.17) is 5.73 Å². The van der Waals surface area contributed by atoms with E-state index in [9.17, 15) is 4.79 Å². The highest BCUT2D eigenvalue weighted by molar-refractivity contribution is 7.09. The van der Waals surface area contributed by atoms with Crippen LogP contribution < -0.4 is 5.73 Å². The van der Waals surface area contributed by atoms with Crippen molar-refractivity contribution in [3.05, 3.63) is 52.0 Å². The smallest absolute Gasteiger partial charge is 0.273 e. The molecule has 2 heterocycles. The largest absolute Gasteiger partial charge is 0.334 e. The van der Waals surface area contributed by atoms with Gasteiger partial charge in [0.25, 0.3) is 5.91 Å². The Kier molecular flexibility index (Phi) is 5.08. The minimum atomic E-state index is 0.0478. The van der Waals surface area contributed by atoms with Gasteiger partial charge in [-0.2, -0.15) is 0 Å². The number of piperidine rings is 1. The zero-order valence-corrected chi connectivity index (χ0v) is 14.3. The van der Waals surface area contributed by atoms with Crippen molar-refractivity contribution in [3.63, 3.8) is 0 Å². The van der Waals surface area contributed by atoms with Crippen molar-refractivity contribution in [2.45, 2.75) is 44.7 Å². The summed E-state index contributed by atoms with van der Waals surface area (Å²) in [4.78, 5) is 19.1. The number of aryl methyl sites for hydroxylation is 2. The molecule has 2 aromatic rings. The van der Waals surface area contributed by atoms with Gasteiger partial charge in [0, 0.05) is 30.4 Å². The Morgan fingerprint density at radius 3 is 2.87 bits per heavy atom. The van der Waals surface area contributed by atoms with E-state index in [0.29, 0.717) is 5.69 Å². The second-order valence-electron chi connectivity index (χ2n) is 6.24. The number of likely N-dealkylation sites (tertiary alicyclic amines) is 1. The first-order valence-electron chi connectivity index (χ1n) is 8.18. The Labute approximate surface area is 141 Å². The number of benzene rings is 1. The molecule has 1 amide bonds. The average molecular weight is 329 g/mol. The number of aromatic nitrogens is 1. The van der Waals surface area contributed by atoms with Crippen LogP contribution >= 0.6 is 11.3 Å². The van der Waals surface area contributed by atoms with E-state index in [0.717, 1.165) is 37.2 Å². The number of nitrogens with two attached hydrogens (primary N) is 1. The van der Waals surface area contributed by atoms with E-state index in [1.54, 1.807) is 11.3 Å². The maximum absolute atomic E-state index is 12.6. The molecule has 3 rings (SSSR count). The van der Waals surface area contributed by atoms with E-state index in [-0.39, 0.29) is 18.0 Å². The number of carbonyl (C=O) groups is 1. The molecule has 1 aromatic carbocycles. The van der Waals surface area contributed by atoms with Gasteiger partial charge in [-0.15, -0.1) is 11.3 Å². The minimum absolute atomic E-state index is 0.0478. The van der Waals surface area contributed by atoms with Gasteiger partial charge in [-0.3, -0.25) is 4.79 Å². The summed E-state index contributed by atoms with van der Waals surface area (Å²) in [5.41, 5.74) is 7.86. The Morgan fingerprint density at radius 2 is 2.13 bits per heavy atom. The molecule has 1 fully saturated rings. The monoisotopic (exact) mass is 329 g/mol. The van der Waals surface area contributed by atoms with Gasteiger partial charge in [-0.25, -0.2) is 4.98 Å². The first-order chi connectivity index (χ1) is 11.1. The topological polar surface area (TPSA) is 59.2 Å². The highest BCUT2D eigenvalue weighted by atomic mass is 32.1. The van der Waals surface area contributed by atoms with Crippen LogP contribution in [0.15, 0.2) is 35.7 Å². The number of amides is 1. The number of rotatable bonds is 4. The van der Waals surface area contributed by atoms with Gasteiger partial charge in [0.15, 0.2) is 0 Å². The summed E-state index contributed by atoms with van der Waals surface area (Å²) in [6.07, 6.45) is 3.58. The lowest BCUT2D eigenvalue weighted by atomic mass is 9.99. The summed E-state index contributed by atoms with van der Waals surface area (Å²) >= 11 is 1.58. The Hall–Kier alpha value is -1.72. The highest BCUT2D eigenvalue weighted by Crippen LogP contribution is 2.20. The molecule has 1 aliphatic heterocycles. The van der Waals surface area contributed by atoms with Crippen LogP contribution in [-0.2, 0) is 12.8 Å². The van der Waals surface area contributed by atoms with Gasteiger partial charge in [-0.05, 0) is 31.7 Å². The Morgan fingerprint density at radius 1 is 1.35 bits per heavy atom. The molecular formula is C18H23N3OS. The van der Waals surface area contributed by atoms with Crippen LogP contribution in [0.25, 0.3) is 0 Å². The third-order valence-electron chi connectivity index (χ3n) is 4.42. The fourth-order valence-electron chi connectivity index (χ4n) is 3.08. The summed E-state index contributed by atoms with van der Waals surface area (Å²) in [5.74, 6) is 0.0478. The van der Waals surface area contributed by atoms with Crippen LogP contribution in [0, 0.1) is 0 Å². The van der Waals surface area contributed by atoms with Crippen LogP contribution in [-0.4, -0.2) is 34.4 Å². The van der Waals surface area contributed by atoms with Crippen molar-refractivity contribution in [2.24, 2.45) is 5.73 Å². The number of carbonyl (C=O) groups excluding carboxylic acids is 1. The number of thiazole rings is 1. The molecule has 2 N–H and O–H groups in total. The van der Waals surface area contributed by atoms with Crippen LogP contribution in [0.2, 0.25) is 0 Å². The zero-order valence-electron chi connectivity index (χ0n) is 13.4. The molecular weight excluding hydrogens is 306 g/mol. The minimum Gasteiger partial charge on any atom is -0.334 e. The summed E-state index contributed by atoms with van der Waals surface area (Å²) in [6.45, 7) is 2.80. The third kappa shape index (κ3) is 3.98. The lowest BCUT2D eigenvalue weighted by Crippen LogP contribution is -2.48. The highest BCUT2D eigenvalue weighted by Gasteiger charge is 2.28. The van der Waals surface area contributed by atoms with Crippen LogP contribution in [0.3, 0.4) is 0 Å². The van der Waals surface area contributed by atoms with Gasteiger partial charge in [0.05, 0.1) is 5.01 Å². The van der Waals surface area contributed by atoms with Crippen LogP contribution in [0.5, 0.6) is 0 Å². The Balaban J connectivity index is 1.61. The molecule has 122 valence electrons. The summed E-state index contributed by atoms with van der Waals surface area (Å²) < 4.78 is 0. The molecule has 1 saturated heterocycles. The normalized spacial score (nSPS) is 21.4. The van der Waals surface area contributed by atoms with Crippen molar-refractivity contribution < 1.29 is 4.79 Å². The lowest BCUT2D eigenvalue weighted by molar-refractivity contribution is 0.0613. The quantitative estimate of drug-likeness (QED) is 0.938. The number of hydrogen-bond donors (Lipinski definition) is 1. The van der Waals surface area contributed by atoms with Gasteiger partial charge < -0.3 is 10.6 Å². The van der Waals surface area contributed by atoms with E-state index in [1.807, 2.05) is 16.3 Å². The molecule has 5 heteroatoms. The van der Waals surface area contributed by atoms with E-state index in [1.165, 1.54) is 5.56 Å². The molecule has 0 saturated carbocycles. The third-order valence-corrected chi connectivity index (χ3v) is 5.33. The molecule has 1 aromatic heterocycles. The predicted octanol–water partition coefficient (Wildman–Crippen LogP) is 2.88. The fourth-order valence-corrected chi connectivity index (χ4v) is 3.85. The fraction of sp³-hybridized carbons (Fsp3) is 0.444. The second kappa shape index (κ2) is 7.23. The predicted molar refractivity (Wildman–Crippen MR) is 93.7 cm³/mol. The second-order valence-corrected chi connectivity index (χ2v) is 7.19. The molecule has 23 heavy (non-hydrogen) atoms. The zero-order chi connectivity index (χ0) is 16.2. The summed E-state index contributed by atoms with van der Waals surface area (Å²) in [6, 6.07) is 10.8. The SMILES string of the molecule is C[C@@H]1C[C@@H](N)CCN1C(=O)c1csc(CCc2ccccc2)n1. The molecule has 0 bridgehead atoms. The standard InChI is InChI=1S/C18H23N3OS/c1-13-11-15(19)9-10-21(13)18(22)16-12-23-17(20-16)8-7-14-5-3-2-4-6-14/h2-6,12-13,15H,7-11,19H2,1H3/t13-,15+/m1/s1. The van der Waals surface area contributed by atoms with Crippen LogP contribution in [0.4, 0.5) is 0 Å².